The van der Waals surface area contributed by atoms with Crippen molar-refractivity contribution in [3.63, 3.8) is 0 Å². The molecule has 0 saturated heterocycles. The second-order valence-corrected chi connectivity index (χ2v) is 8.54. The van der Waals surface area contributed by atoms with Gasteiger partial charge >= 0.3 is 0 Å². The Morgan fingerprint density at radius 1 is 0.654 bits per heavy atom. The van der Waals surface area contributed by atoms with Crippen molar-refractivity contribution in [3.8, 4) is 11.1 Å². The van der Waals surface area contributed by atoms with E-state index in [1.807, 2.05) is 12.1 Å². The van der Waals surface area contributed by atoms with Crippen molar-refractivity contribution in [1.29, 1.82) is 0 Å². The molecule has 0 atom stereocenters. The van der Waals surface area contributed by atoms with Crippen LogP contribution in [0, 0.1) is 23.8 Å². The smallest absolute Gasteiger partial charge is 0 e. The Labute approximate surface area is 185 Å². The molecule has 0 spiro atoms. The zero-order chi connectivity index (χ0) is 17.1. The van der Waals surface area contributed by atoms with Crippen molar-refractivity contribution < 1.29 is 32.7 Å². The summed E-state index contributed by atoms with van der Waals surface area (Å²) in [6.45, 7) is 2.44. The maximum Gasteiger partial charge on any atom is 0 e. The molecule has 0 amide bonds. The van der Waals surface area contributed by atoms with Crippen LogP contribution in [0.25, 0.3) is 11.1 Å². The van der Waals surface area contributed by atoms with Crippen LogP contribution in [0.5, 0.6) is 0 Å². The van der Waals surface area contributed by atoms with Gasteiger partial charge in [0.2, 0.25) is 0 Å². The van der Waals surface area contributed by atoms with Gasteiger partial charge in [0.25, 0.3) is 0 Å². The van der Waals surface area contributed by atoms with Crippen molar-refractivity contribution in [2.75, 3.05) is 0 Å². The fourth-order valence-corrected chi connectivity index (χ4v) is 5.21. The van der Waals surface area contributed by atoms with Gasteiger partial charge in [0.1, 0.15) is 0 Å². The number of hydrogen-bond acceptors (Lipinski definition) is 0. The minimum Gasteiger partial charge on any atom is -0.184 e. The predicted molar refractivity (Wildman–Crippen MR) is 107 cm³/mol. The average molecular weight is 420 g/mol. The summed E-state index contributed by atoms with van der Waals surface area (Å²) in [5.74, 6) is 3.82. The predicted octanol–water partition coefficient (Wildman–Crippen LogP) is 7.25. The van der Waals surface area contributed by atoms with Gasteiger partial charge in [-0.05, 0) is 73.3 Å². The minimum atomic E-state index is 0. The van der Waals surface area contributed by atoms with Crippen LogP contribution in [0.15, 0.2) is 48.5 Å². The molecular formula is C25H31Y-. The van der Waals surface area contributed by atoms with Crippen molar-refractivity contribution >= 4 is 0 Å². The van der Waals surface area contributed by atoms with E-state index in [1.165, 1.54) is 62.5 Å². The third kappa shape index (κ3) is 4.87. The van der Waals surface area contributed by atoms with Crippen LogP contribution in [0.4, 0.5) is 0 Å². The summed E-state index contributed by atoms with van der Waals surface area (Å²) in [7, 11) is 0. The molecule has 0 aromatic heterocycles. The summed E-state index contributed by atoms with van der Waals surface area (Å²) >= 11 is 0. The van der Waals surface area contributed by atoms with E-state index in [2.05, 4.69) is 49.4 Å². The molecular weight excluding hydrogens is 389 g/mol. The standard InChI is InChI=1S/C25H31.Y/c1-19-7-9-21(10-8-19)23-15-17-25(18-16-23)24-13-11-22(12-14-24)20-5-3-2-4-6-20;/h3-6,11-14,19,21,23,25H,7-10,15-18H2,1H3;/q-1;. The minimum absolute atomic E-state index is 0. The van der Waals surface area contributed by atoms with Crippen molar-refractivity contribution in [2.45, 2.75) is 64.2 Å². The van der Waals surface area contributed by atoms with Gasteiger partial charge < -0.3 is 0 Å². The molecule has 0 bridgehead atoms. The topological polar surface area (TPSA) is 0 Å². The Hall–Kier alpha value is -0.456. The Morgan fingerprint density at radius 3 is 1.73 bits per heavy atom. The van der Waals surface area contributed by atoms with Crippen LogP contribution in [0.2, 0.25) is 0 Å². The van der Waals surface area contributed by atoms with Gasteiger partial charge in [-0.15, -0.1) is 5.56 Å². The fourth-order valence-electron chi connectivity index (χ4n) is 5.21. The van der Waals surface area contributed by atoms with Crippen LogP contribution >= 0.6 is 0 Å². The Kier molecular flexibility index (Phi) is 7.53. The van der Waals surface area contributed by atoms with E-state index < -0.39 is 0 Å². The molecule has 0 unspecified atom stereocenters. The van der Waals surface area contributed by atoms with Gasteiger partial charge in [-0.2, -0.15) is 30.3 Å². The fraction of sp³-hybridized carbons (Fsp3) is 0.520. The molecule has 26 heavy (non-hydrogen) atoms. The molecule has 4 rings (SSSR count). The molecule has 2 aliphatic rings. The third-order valence-corrected chi connectivity index (χ3v) is 6.93. The first kappa shape index (κ1) is 20.3. The van der Waals surface area contributed by atoms with E-state index in [0.29, 0.717) is 0 Å². The number of hydrogen-bond donors (Lipinski definition) is 0. The molecule has 2 aromatic rings. The second-order valence-electron chi connectivity index (χ2n) is 8.54. The maximum absolute atomic E-state index is 3.10. The van der Waals surface area contributed by atoms with Gasteiger partial charge in [-0.3, -0.25) is 0 Å². The largest absolute Gasteiger partial charge is 0.184 e. The maximum atomic E-state index is 3.10. The Balaban J connectivity index is 0.00000196. The summed E-state index contributed by atoms with van der Waals surface area (Å²) in [4.78, 5) is 0. The molecule has 2 aliphatic carbocycles. The summed E-state index contributed by atoms with van der Waals surface area (Å²) in [6.07, 6.45) is 11.7. The van der Waals surface area contributed by atoms with Crippen LogP contribution in [-0.2, 0) is 32.7 Å². The molecule has 135 valence electrons. The van der Waals surface area contributed by atoms with E-state index in [-0.39, 0.29) is 32.7 Å². The summed E-state index contributed by atoms with van der Waals surface area (Å²) in [5, 5.41) is 0. The Bertz CT molecular complexity index is 644. The van der Waals surface area contributed by atoms with E-state index in [9.17, 15) is 0 Å². The molecule has 0 heterocycles. The van der Waals surface area contributed by atoms with E-state index >= 15 is 0 Å². The normalized spacial score (nSPS) is 29.0. The van der Waals surface area contributed by atoms with Gasteiger partial charge in [0, 0.05) is 32.7 Å². The molecule has 2 saturated carbocycles. The van der Waals surface area contributed by atoms with Crippen LogP contribution < -0.4 is 0 Å². The molecule has 2 aromatic carbocycles. The summed E-state index contributed by atoms with van der Waals surface area (Å²) in [6, 6.07) is 20.7. The van der Waals surface area contributed by atoms with E-state index in [4.69, 9.17) is 0 Å². The average Bonchev–Trinajstić information content (AvgIpc) is 2.70. The monoisotopic (exact) mass is 420 g/mol. The third-order valence-electron chi connectivity index (χ3n) is 6.93. The van der Waals surface area contributed by atoms with Gasteiger partial charge in [-0.1, -0.05) is 44.0 Å². The summed E-state index contributed by atoms with van der Waals surface area (Å²) < 4.78 is 0. The van der Waals surface area contributed by atoms with Crippen LogP contribution in [-0.4, -0.2) is 0 Å². The van der Waals surface area contributed by atoms with Gasteiger partial charge in [0.05, 0.1) is 0 Å². The van der Waals surface area contributed by atoms with Gasteiger partial charge in [0.15, 0.2) is 0 Å². The first-order chi connectivity index (χ1) is 12.3. The molecule has 2 fully saturated rings. The van der Waals surface area contributed by atoms with E-state index in [1.54, 1.807) is 5.56 Å². The first-order valence-corrected chi connectivity index (χ1v) is 10.4. The zero-order valence-corrected chi connectivity index (χ0v) is 19.0. The zero-order valence-electron chi connectivity index (χ0n) is 16.2. The quantitative estimate of drug-likeness (QED) is 0.459. The SMILES string of the molecule is CC1CCC(C2CCC(c3ccc(-c4cc[c-]cc4)cc3)CC2)CC1.[Y]. The Morgan fingerprint density at radius 2 is 1.15 bits per heavy atom. The number of benzene rings is 2. The van der Waals surface area contributed by atoms with E-state index in [0.717, 1.165) is 23.7 Å². The van der Waals surface area contributed by atoms with Crippen molar-refractivity contribution in [2.24, 2.45) is 17.8 Å². The molecule has 0 nitrogen and oxygen atoms in total. The van der Waals surface area contributed by atoms with Crippen molar-refractivity contribution in [3.05, 3.63) is 60.2 Å². The molecule has 1 heteroatoms. The summed E-state index contributed by atoms with van der Waals surface area (Å²) in [5.41, 5.74) is 4.17. The molecule has 0 N–H and O–H groups in total. The van der Waals surface area contributed by atoms with Crippen LogP contribution in [0.3, 0.4) is 0 Å². The van der Waals surface area contributed by atoms with Crippen molar-refractivity contribution in [1.82, 2.24) is 0 Å². The first-order valence-electron chi connectivity index (χ1n) is 10.4. The molecule has 1 radical (unpaired) electrons. The van der Waals surface area contributed by atoms with Gasteiger partial charge in [-0.25, -0.2) is 0 Å². The molecule has 0 aliphatic heterocycles. The van der Waals surface area contributed by atoms with Crippen LogP contribution in [0.1, 0.15) is 69.8 Å². The number of rotatable bonds is 3. The second kappa shape index (κ2) is 9.65.